The molecule has 0 heterocycles. The van der Waals surface area contributed by atoms with Crippen LogP contribution in [-0.4, -0.2) is 0 Å². The molecule has 0 aromatic heterocycles. The van der Waals surface area contributed by atoms with Crippen molar-refractivity contribution in [1.29, 1.82) is 0 Å². The first-order valence-corrected chi connectivity index (χ1v) is 6.51. The smallest absolute Gasteiger partial charge is 0.147 e. The quantitative estimate of drug-likeness (QED) is 0.587. The molecular weight excluding hydrogens is 318 g/mol. The second-order valence-electron chi connectivity index (χ2n) is 6.28. The predicted molar refractivity (Wildman–Crippen MR) is 73.1 cm³/mol. The zero-order valence-electron chi connectivity index (χ0n) is 11.0. The molecular formula is C13H23Cl2Zr. The van der Waals surface area contributed by atoms with Crippen LogP contribution < -0.4 is 0 Å². The molecule has 0 saturated carbocycles. The van der Waals surface area contributed by atoms with Crippen molar-refractivity contribution in [1.82, 2.24) is 0 Å². The molecule has 0 aliphatic heterocycles. The van der Waals surface area contributed by atoms with Crippen LogP contribution in [0.25, 0.3) is 0 Å². The minimum Gasteiger partial charge on any atom is -0.147 e. The fraction of sp³-hybridized carbons (Fsp3) is 0.692. The van der Waals surface area contributed by atoms with Crippen molar-refractivity contribution in [3.8, 4) is 0 Å². The Morgan fingerprint density at radius 1 is 1.00 bits per heavy atom. The Bertz CT molecular complexity index is 290. The second-order valence-corrected chi connectivity index (χ2v) is 7.60. The van der Waals surface area contributed by atoms with Gasteiger partial charge in [0.05, 0.1) is 0 Å². The number of hydrogen-bond acceptors (Lipinski definition) is 0. The molecule has 0 aromatic rings. The summed E-state index contributed by atoms with van der Waals surface area (Å²) in [5.41, 5.74) is 2.26. The molecule has 1 atom stereocenters. The largest absolute Gasteiger partial charge is 0.147 e. The van der Waals surface area contributed by atoms with Gasteiger partial charge < -0.3 is 0 Å². The first-order valence-electron chi connectivity index (χ1n) is 5.28. The summed E-state index contributed by atoms with van der Waals surface area (Å²) in [4.78, 5) is 0. The standard InChI is InChI=1S/C13H21.2ClH.Zr/c1-12(2,3)10-7-8-11(9-10)13(4,5)6;;;/h7-8,10H,1-6H3;2*1H;. The van der Waals surface area contributed by atoms with E-state index in [9.17, 15) is 0 Å². The van der Waals surface area contributed by atoms with Crippen molar-refractivity contribution in [2.45, 2.75) is 41.5 Å². The summed E-state index contributed by atoms with van der Waals surface area (Å²) in [5, 5.41) is 0. The molecule has 1 aliphatic rings. The average molecular weight is 341 g/mol. The zero-order chi connectivity index (χ0) is 11.1. The van der Waals surface area contributed by atoms with Crippen molar-refractivity contribution in [2.24, 2.45) is 16.7 Å². The van der Waals surface area contributed by atoms with E-state index in [4.69, 9.17) is 0 Å². The van der Waals surface area contributed by atoms with Gasteiger partial charge in [-0.3, -0.25) is 0 Å². The van der Waals surface area contributed by atoms with Crippen LogP contribution in [0.4, 0.5) is 0 Å². The van der Waals surface area contributed by atoms with Gasteiger partial charge in [0.2, 0.25) is 0 Å². The van der Waals surface area contributed by atoms with Gasteiger partial charge in [-0.15, -0.1) is 24.8 Å². The van der Waals surface area contributed by atoms with Crippen LogP contribution >= 0.6 is 24.8 Å². The molecule has 1 rings (SSSR count). The second kappa shape index (κ2) is 6.21. The summed E-state index contributed by atoms with van der Waals surface area (Å²) in [7, 11) is 0. The molecule has 0 amide bonds. The Morgan fingerprint density at radius 3 is 1.62 bits per heavy atom. The van der Waals surface area contributed by atoms with E-state index in [1.807, 2.05) is 0 Å². The maximum absolute atomic E-state index is 2.39. The van der Waals surface area contributed by atoms with E-state index in [0.717, 1.165) is 0 Å². The van der Waals surface area contributed by atoms with Gasteiger partial charge in [0, 0.05) is 0 Å². The fourth-order valence-corrected chi connectivity index (χ4v) is 4.35. The van der Waals surface area contributed by atoms with Gasteiger partial charge in [-0.25, -0.2) is 0 Å². The fourth-order valence-electron chi connectivity index (χ4n) is 1.92. The van der Waals surface area contributed by atoms with Crippen molar-refractivity contribution in [3.05, 3.63) is 21.0 Å². The Balaban J connectivity index is 0. The summed E-state index contributed by atoms with van der Waals surface area (Å²) >= 11 is 1.58. The van der Waals surface area contributed by atoms with Gasteiger partial charge in [-0.2, -0.15) is 0 Å². The molecule has 16 heavy (non-hydrogen) atoms. The SMILES string of the molecule is CC(C)(C)C1=[C]([Zr])C(C(C)(C)C)C=C1.Cl.Cl. The van der Waals surface area contributed by atoms with Crippen LogP contribution in [0.3, 0.4) is 0 Å². The Labute approximate surface area is 128 Å². The normalized spacial score (nSPS) is 20.4. The van der Waals surface area contributed by atoms with Crippen molar-refractivity contribution >= 4 is 24.8 Å². The minimum atomic E-state index is 0. The Kier molecular flexibility index (Phi) is 7.49. The first-order chi connectivity index (χ1) is 6.14. The molecule has 93 valence electrons. The van der Waals surface area contributed by atoms with Crippen LogP contribution in [0, 0.1) is 16.7 Å². The van der Waals surface area contributed by atoms with E-state index >= 15 is 0 Å². The third-order valence-corrected chi connectivity index (χ3v) is 4.22. The number of halogens is 2. The molecule has 3 heteroatoms. The van der Waals surface area contributed by atoms with E-state index in [0.29, 0.717) is 16.7 Å². The predicted octanol–water partition coefficient (Wildman–Crippen LogP) is 4.91. The topological polar surface area (TPSA) is 0 Å². The van der Waals surface area contributed by atoms with Crippen molar-refractivity contribution in [3.63, 3.8) is 0 Å². The number of allylic oxidation sites excluding steroid dienone is 4. The van der Waals surface area contributed by atoms with Crippen LogP contribution in [0.1, 0.15) is 41.5 Å². The molecule has 0 aromatic carbocycles. The molecule has 0 spiro atoms. The molecule has 0 bridgehead atoms. The minimum absolute atomic E-state index is 0. The van der Waals surface area contributed by atoms with Crippen LogP contribution in [0.2, 0.25) is 0 Å². The van der Waals surface area contributed by atoms with Gasteiger partial charge in [-0.1, -0.05) is 0 Å². The van der Waals surface area contributed by atoms with Gasteiger partial charge in [0.15, 0.2) is 0 Å². The summed E-state index contributed by atoms with van der Waals surface area (Å²) in [5.74, 6) is 0.662. The molecule has 0 nitrogen and oxygen atoms in total. The van der Waals surface area contributed by atoms with E-state index in [2.05, 4.69) is 53.7 Å². The molecule has 0 radical (unpaired) electrons. The molecule has 0 N–H and O–H groups in total. The summed E-state index contributed by atoms with van der Waals surface area (Å²) in [6.07, 6.45) is 4.74. The van der Waals surface area contributed by atoms with Crippen LogP contribution in [-0.2, 0) is 24.7 Å². The number of rotatable bonds is 0. The van der Waals surface area contributed by atoms with Crippen LogP contribution in [0.5, 0.6) is 0 Å². The van der Waals surface area contributed by atoms with E-state index in [-0.39, 0.29) is 24.8 Å². The van der Waals surface area contributed by atoms with Gasteiger partial charge in [0.1, 0.15) is 0 Å². The molecule has 1 unspecified atom stereocenters. The van der Waals surface area contributed by atoms with Crippen LogP contribution in [0.15, 0.2) is 21.0 Å². The third kappa shape index (κ3) is 4.32. The van der Waals surface area contributed by atoms with Gasteiger partial charge >= 0.3 is 104 Å². The monoisotopic (exact) mass is 339 g/mol. The average Bonchev–Trinajstić information content (AvgIpc) is 2.26. The van der Waals surface area contributed by atoms with E-state index in [1.165, 1.54) is 0 Å². The summed E-state index contributed by atoms with van der Waals surface area (Å²) in [6, 6.07) is 0. The molecule has 1 aliphatic carbocycles. The summed E-state index contributed by atoms with van der Waals surface area (Å²) in [6.45, 7) is 13.9. The third-order valence-electron chi connectivity index (χ3n) is 2.80. The summed E-state index contributed by atoms with van der Waals surface area (Å²) < 4.78 is 1.65. The maximum atomic E-state index is 2.39. The van der Waals surface area contributed by atoms with E-state index in [1.54, 1.807) is 33.6 Å². The van der Waals surface area contributed by atoms with Crippen molar-refractivity contribution < 1.29 is 24.7 Å². The van der Waals surface area contributed by atoms with Crippen molar-refractivity contribution in [2.75, 3.05) is 0 Å². The molecule has 0 saturated heterocycles. The maximum Gasteiger partial charge on any atom is -0.147 e. The zero-order valence-corrected chi connectivity index (χ0v) is 15.1. The van der Waals surface area contributed by atoms with E-state index < -0.39 is 0 Å². The number of hydrogen-bond donors (Lipinski definition) is 0. The first kappa shape index (κ1) is 19.3. The molecule has 0 fully saturated rings. The Morgan fingerprint density at radius 2 is 1.44 bits per heavy atom. The van der Waals surface area contributed by atoms with Gasteiger partial charge in [-0.05, 0) is 0 Å². The van der Waals surface area contributed by atoms with Gasteiger partial charge in [0.25, 0.3) is 0 Å². The Hall–Kier alpha value is 0.943.